The lowest BCUT2D eigenvalue weighted by Crippen LogP contribution is -2.47. The number of hydrogen-bond donors (Lipinski definition) is 3. The Bertz CT molecular complexity index is 1250. The molecule has 0 aliphatic carbocycles. The molecule has 1 saturated heterocycles. The third kappa shape index (κ3) is 5.96. The number of rotatable bonds is 7. The predicted molar refractivity (Wildman–Crippen MR) is 121 cm³/mol. The minimum Gasteiger partial charge on any atom is -0.493 e. The number of methoxy groups -OCH3 is 1. The minimum absolute atomic E-state index is 0.104. The average Bonchev–Trinajstić information content (AvgIpc) is 3.15. The van der Waals surface area contributed by atoms with E-state index >= 15 is 0 Å². The third-order valence-corrected chi connectivity index (χ3v) is 6.68. The maximum absolute atomic E-state index is 14.4. The van der Waals surface area contributed by atoms with Crippen LogP contribution in [-0.2, 0) is 14.3 Å². The zero-order valence-corrected chi connectivity index (χ0v) is 21.0. The van der Waals surface area contributed by atoms with Crippen molar-refractivity contribution in [1.29, 1.82) is 0 Å². The van der Waals surface area contributed by atoms with Crippen LogP contribution in [0.25, 0.3) is 0 Å². The summed E-state index contributed by atoms with van der Waals surface area (Å²) >= 11 is 0. The highest BCUT2D eigenvalue weighted by atomic mass is 19.4. The van der Waals surface area contributed by atoms with E-state index in [9.17, 15) is 49.8 Å². The first-order valence-corrected chi connectivity index (χ1v) is 11.5. The molecule has 1 aliphatic rings. The summed E-state index contributed by atoms with van der Waals surface area (Å²) in [5.41, 5.74) is -3.41. The van der Waals surface area contributed by atoms with E-state index in [1.54, 1.807) is 0 Å². The predicted octanol–water partition coefficient (Wildman–Crippen LogP) is 4.16. The molecule has 40 heavy (non-hydrogen) atoms. The standard InChI is InChI=1S/C24H23F8N3O5/c1-10-16(12-5-6-13(25)17(26)18(12)39-3)19(40-22(10,2)24(30,31)32)20(37)35-11-4-7-14(33-8-11)15(36)9-34-21(38)23(27,28)29/h4-8,10,15-16,19,36H,9H2,1-3H3,(H,34,38)(H,35,37)/t10-,15+,16-,19+,22+/m0/s1. The van der Waals surface area contributed by atoms with Crippen LogP contribution in [0.4, 0.5) is 40.8 Å². The maximum Gasteiger partial charge on any atom is 0.471 e. The highest BCUT2D eigenvalue weighted by molar-refractivity contribution is 5.95. The normalized spacial score (nSPS) is 23.9. The topological polar surface area (TPSA) is 110 Å². The number of carbonyl (C=O) groups is 2. The largest absolute Gasteiger partial charge is 0.493 e. The van der Waals surface area contributed by atoms with Gasteiger partial charge in [-0.1, -0.05) is 13.0 Å². The molecule has 0 saturated carbocycles. The molecule has 1 fully saturated rings. The molecule has 16 heteroatoms. The number of aliphatic hydroxyl groups is 1. The van der Waals surface area contributed by atoms with Crippen molar-refractivity contribution in [2.24, 2.45) is 5.92 Å². The number of aliphatic hydroxyl groups excluding tert-OH is 1. The van der Waals surface area contributed by atoms with Crippen LogP contribution in [0.2, 0.25) is 0 Å². The van der Waals surface area contributed by atoms with E-state index < -0.39 is 77.7 Å². The van der Waals surface area contributed by atoms with E-state index in [4.69, 9.17) is 9.47 Å². The molecule has 0 unspecified atom stereocenters. The number of nitrogens with zero attached hydrogens (tertiary/aromatic N) is 1. The fourth-order valence-electron chi connectivity index (χ4n) is 4.32. The molecule has 1 aromatic carbocycles. The van der Waals surface area contributed by atoms with Gasteiger partial charge in [0.25, 0.3) is 5.91 Å². The Morgan fingerprint density at radius 1 is 1.15 bits per heavy atom. The van der Waals surface area contributed by atoms with Crippen LogP contribution in [0.3, 0.4) is 0 Å². The maximum atomic E-state index is 14.4. The van der Waals surface area contributed by atoms with Crippen LogP contribution in [-0.4, -0.2) is 59.6 Å². The highest BCUT2D eigenvalue weighted by Gasteiger charge is 2.66. The second kappa shape index (κ2) is 11.2. The molecule has 0 spiro atoms. The Morgan fingerprint density at radius 2 is 1.80 bits per heavy atom. The molecule has 2 heterocycles. The summed E-state index contributed by atoms with van der Waals surface area (Å²) < 4.78 is 117. The number of aromatic nitrogens is 1. The van der Waals surface area contributed by atoms with Gasteiger partial charge in [-0.15, -0.1) is 0 Å². The fraction of sp³-hybridized carbons (Fsp3) is 0.458. The number of hydrogen-bond acceptors (Lipinski definition) is 6. The highest BCUT2D eigenvalue weighted by Crippen LogP contribution is 2.55. The molecule has 3 rings (SSSR count). The number of carbonyl (C=O) groups excluding carboxylic acids is 2. The van der Waals surface area contributed by atoms with Gasteiger partial charge in [0, 0.05) is 23.9 Å². The number of benzene rings is 1. The Hall–Kier alpha value is -3.53. The Kier molecular flexibility index (Phi) is 8.65. The van der Waals surface area contributed by atoms with Crippen LogP contribution in [0.15, 0.2) is 30.5 Å². The van der Waals surface area contributed by atoms with Crippen LogP contribution in [0.5, 0.6) is 5.75 Å². The molecule has 1 aliphatic heterocycles. The first-order chi connectivity index (χ1) is 18.4. The van der Waals surface area contributed by atoms with Gasteiger partial charge in [-0.05, 0) is 25.1 Å². The van der Waals surface area contributed by atoms with Gasteiger partial charge in [0.1, 0.15) is 12.2 Å². The molecule has 0 radical (unpaired) electrons. The molecule has 2 aromatic rings. The van der Waals surface area contributed by atoms with Crippen LogP contribution in [0, 0.1) is 17.6 Å². The second-order valence-electron chi connectivity index (χ2n) is 9.13. The Morgan fingerprint density at radius 3 is 2.33 bits per heavy atom. The quantitative estimate of drug-likeness (QED) is 0.422. The summed E-state index contributed by atoms with van der Waals surface area (Å²) in [5, 5.41) is 13.7. The smallest absolute Gasteiger partial charge is 0.471 e. The molecule has 1 aromatic heterocycles. The number of pyridine rings is 1. The van der Waals surface area contributed by atoms with Gasteiger partial charge >= 0.3 is 18.3 Å². The minimum atomic E-state index is -5.16. The van der Waals surface area contributed by atoms with Gasteiger partial charge in [-0.25, -0.2) is 4.39 Å². The van der Waals surface area contributed by atoms with E-state index in [1.165, 1.54) is 5.32 Å². The molecule has 2 amide bonds. The lowest BCUT2D eigenvalue weighted by molar-refractivity contribution is -0.272. The van der Waals surface area contributed by atoms with Crippen molar-refractivity contribution in [2.45, 2.75) is 49.9 Å². The van der Waals surface area contributed by atoms with Gasteiger partial charge in [0.2, 0.25) is 5.82 Å². The van der Waals surface area contributed by atoms with Crippen molar-refractivity contribution in [2.75, 3.05) is 19.0 Å². The third-order valence-electron chi connectivity index (χ3n) is 6.68. The van der Waals surface area contributed by atoms with Crippen molar-refractivity contribution in [3.8, 4) is 5.75 Å². The van der Waals surface area contributed by atoms with Gasteiger partial charge in [-0.2, -0.15) is 30.7 Å². The molecule has 5 atom stereocenters. The first-order valence-electron chi connectivity index (χ1n) is 11.5. The van der Waals surface area contributed by atoms with Crippen molar-refractivity contribution in [3.63, 3.8) is 0 Å². The summed E-state index contributed by atoms with van der Waals surface area (Å²) in [7, 11) is 0.982. The van der Waals surface area contributed by atoms with E-state index in [2.05, 4.69) is 10.3 Å². The number of nitrogens with one attached hydrogen (secondary N) is 2. The Balaban J connectivity index is 1.86. The van der Waals surface area contributed by atoms with Gasteiger partial charge in [0.15, 0.2) is 17.2 Å². The molecular formula is C24H23F8N3O5. The summed E-state index contributed by atoms with van der Waals surface area (Å²) in [4.78, 5) is 27.8. The van der Waals surface area contributed by atoms with Crippen molar-refractivity contribution < 1.29 is 59.3 Å². The van der Waals surface area contributed by atoms with Gasteiger partial charge < -0.3 is 25.2 Å². The zero-order chi connectivity index (χ0) is 30.2. The SMILES string of the molecule is COc1c([C@H]2[C@H](C(=O)Nc3ccc([C@H](O)CNC(=O)C(F)(F)F)nc3)O[C@@](C)(C(F)(F)F)[C@H]2C)ccc(F)c1F. The summed E-state index contributed by atoms with van der Waals surface area (Å²) in [6.07, 6.45) is -12.7. The fourth-order valence-corrected chi connectivity index (χ4v) is 4.32. The van der Waals surface area contributed by atoms with Crippen molar-refractivity contribution in [1.82, 2.24) is 10.3 Å². The van der Waals surface area contributed by atoms with Crippen LogP contribution < -0.4 is 15.4 Å². The van der Waals surface area contributed by atoms with Gasteiger partial charge in [0.05, 0.1) is 24.7 Å². The number of amides is 2. The lowest BCUT2D eigenvalue weighted by Gasteiger charge is -2.32. The number of ether oxygens (including phenoxy) is 2. The van der Waals surface area contributed by atoms with E-state index in [0.29, 0.717) is 6.07 Å². The number of alkyl halides is 6. The van der Waals surface area contributed by atoms with E-state index in [1.807, 2.05) is 0 Å². The molecule has 0 bridgehead atoms. The Labute approximate surface area is 221 Å². The lowest BCUT2D eigenvalue weighted by atomic mass is 9.77. The summed E-state index contributed by atoms with van der Waals surface area (Å²) in [6.45, 7) is 1.03. The zero-order valence-electron chi connectivity index (χ0n) is 21.0. The number of halogens is 8. The van der Waals surface area contributed by atoms with Crippen molar-refractivity contribution in [3.05, 3.63) is 53.4 Å². The summed E-state index contributed by atoms with van der Waals surface area (Å²) in [6, 6.07) is 3.92. The van der Waals surface area contributed by atoms with Gasteiger partial charge in [-0.3, -0.25) is 14.6 Å². The van der Waals surface area contributed by atoms with Crippen LogP contribution >= 0.6 is 0 Å². The monoisotopic (exact) mass is 585 g/mol. The molecule has 3 N–H and O–H groups in total. The first kappa shape index (κ1) is 31.0. The molecule has 8 nitrogen and oxygen atoms in total. The number of anilines is 1. The van der Waals surface area contributed by atoms with Crippen LogP contribution in [0.1, 0.15) is 37.1 Å². The second-order valence-corrected chi connectivity index (χ2v) is 9.13. The summed E-state index contributed by atoms with van der Waals surface area (Å²) in [5.74, 6) is -9.80. The molecular weight excluding hydrogens is 562 g/mol. The van der Waals surface area contributed by atoms with Crippen molar-refractivity contribution >= 4 is 17.5 Å². The average molecular weight is 585 g/mol. The van der Waals surface area contributed by atoms with E-state index in [0.717, 1.165) is 45.4 Å². The molecule has 220 valence electrons. The van der Waals surface area contributed by atoms with E-state index in [-0.39, 0.29) is 16.9 Å².